The van der Waals surface area contributed by atoms with Crippen LogP contribution in [0.25, 0.3) is 0 Å². The van der Waals surface area contributed by atoms with Crippen molar-refractivity contribution >= 4 is 17.6 Å². The van der Waals surface area contributed by atoms with Gasteiger partial charge in [0.15, 0.2) is 0 Å². The predicted molar refractivity (Wildman–Crippen MR) is 93.1 cm³/mol. The van der Waals surface area contributed by atoms with Crippen molar-refractivity contribution in [2.45, 2.75) is 19.3 Å². The van der Waals surface area contributed by atoms with Crippen molar-refractivity contribution in [1.29, 1.82) is 0 Å². The molecule has 2 aromatic carbocycles. The van der Waals surface area contributed by atoms with Gasteiger partial charge in [0.2, 0.25) is 5.91 Å². The molecule has 2 rings (SSSR count). The number of hydrogen-bond donors (Lipinski definition) is 3. The van der Waals surface area contributed by atoms with Crippen LogP contribution in [0.3, 0.4) is 0 Å². The molecule has 0 unspecified atom stereocenters. The Labute approximate surface area is 153 Å². The molecule has 0 heterocycles. The molecule has 144 valence electrons. The minimum Gasteiger partial charge on any atom is -0.406 e. The molecular formula is C18H18F3N3O3. The molecule has 0 aromatic heterocycles. The van der Waals surface area contributed by atoms with Gasteiger partial charge in [-0.25, -0.2) is 4.79 Å². The lowest BCUT2D eigenvalue weighted by Crippen LogP contribution is -2.33. The number of carbonyl (C=O) groups is 2. The maximum atomic E-state index is 12.1. The molecule has 0 aliphatic carbocycles. The van der Waals surface area contributed by atoms with E-state index in [2.05, 4.69) is 20.7 Å². The van der Waals surface area contributed by atoms with Gasteiger partial charge >= 0.3 is 12.4 Å². The van der Waals surface area contributed by atoms with E-state index in [4.69, 9.17) is 0 Å². The van der Waals surface area contributed by atoms with E-state index in [-0.39, 0.29) is 31.2 Å². The Balaban J connectivity index is 1.65. The van der Waals surface area contributed by atoms with Crippen LogP contribution < -0.4 is 20.7 Å². The van der Waals surface area contributed by atoms with Crippen molar-refractivity contribution < 1.29 is 27.5 Å². The highest BCUT2D eigenvalue weighted by molar-refractivity contribution is 5.89. The second kappa shape index (κ2) is 9.46. The Hall–Kier alpha value is -3.23. The number of amides is 3. The van der Waals surface area contributed by atoms with Crippen LogP contribution in [-0.2, 0) is 11.3 Å². The van der Waals surface area contributed by atoms with E-state index in [1.54, 1.807) is 24.3 Å². The van der Waals surface area contributed by atoms with Crippen molar-refractivity contribution in [3.63, 3.8) is 0 Å². The van der Waals surface area contributed by atoms with Gasteiger partial charge in [-0.1, -0.05) is 30.3 Å². The Morgan fingerprint density at radius 2 is 1.59 bits per heavy atom. The molecule has 9 heteroatoms. The lowest BCUT2D eigenvalue weighted by molar-refractivity contribution is -0.274. The van der Waals surface area contributed by atoms with Crippen LogP contribution in [0.1, 0.15) is 12.0 Å². The van der Waals surface area contributed by atoms with E-state index in [0.29, 0.717) is 11.3 Å². The maximum Gasteiger partial charge on any atom is 0.573 e. The number of halogens is 3. The quantitative estimate of drug-likeness (QED) is 0.688. The second-order valence-corrected chi connectivity index (χ2v) is 5.47. The Kier molecular flexibility index (Phi) is 7.04. The number of hydrogen-bond acceptors (Lipinski definition) is 3. The summed E-state index contributed by atoms with van der Waals surface area (Å²) in [6.07, 6.45) is -4.67. The maximum absolute atomic E-state index is 12.1. The van der Waals surface area contributed by atoms with Crippen LogP contribution in [0.2, 0.25) is 0 Å². The molecular weight excluding hydrogens is 363 g/mol. The number of nitrogens with one attached hydrogen (secondary N) is 3. The van der Waals surface area contributed by atoms with Gasteiger partial charge in [-0.2, -0.15) is 0 Å². The molecule has 0 aliphatic heterocycles. The average molecular weight is 381 g/mol. The predicted octanol–water partition coefficient (Wildman–Crippen LogP) is 3.41. The first kappa shape index (κ1) is 20.1. The van der Waals surface area contributed by atoms with Crippen LogP contribution in [0.5, 0.6) is 5.75 Å². The minimum absolute atomic E-state index is 0.0669. The SMILES string of the molecule is O=C(CCNC(=O)Nc1ccccc1)NCc1ccc(OC(F)(F)F)cc1. The van der Waals surface area contributed by atoms with Crippen LogP contribution >= 0.6 is 0 Å². The number of benzene rings is 2. The van der Waals surface area contributed by atoms with Crippen LogP contribution in [0, 0.1) is 0 Å². The first-order chi connectivity index (χ1) is 12.8. The van der Waals surface area contributed by atoms with Crippen LogP contribution in [0.15, 0.2) is 54.6 Å². The van der Waals surface area contributed by atoms with Gasteiger partial charge in [-0.15, -0.1) is 13.2 Å². The smallest absolute Gasteiger partial charge is 0.406 e. The number of urea groups is 1. The van der Waals surface area contributed by atoms with Crippen molar-refractivity contribution in [2.75, 3.05) is 11.9 Å². The zero-order chi connectivity index (χ0) is 19.7. The lowest BCUT2D eigenvalue weighted by Gasteiger charge is -2.10. The lowest BCUT2D eigenvalue weighted by atomic mass is 10.2. The molecule has 0 saturated carbocycles. The van der Waals surface area contributed by atoms with Gasteiger partial charge in [-0.05, 0) is 29.8 Å². The van der Waals surface area contributed by atoms with Gasteiger partial charge in [0.25, 0.3) is 0 Å². The van der Waals surface area contributed by atoms with E-state index in [1.165, 1.54) is 24.3 Å². The molecule has 6 nitrogen and oxygen atoms in total. The first-order valence-electron chi connectivity index (χ1n) is 8.03. The van der Waals surface area contributed by atoms with Gasteiger partial charge in [0, 0.05) is 25.2 Å². The fraction of sp³-hybridized carbons (Fsp3) is 0.222. The number of rotatable bonds is 7. The van der Waals surface area contributed by atoms with Crippen molar-refractivity contribution in [2.24, 2.45) is 0 Å². The van der Waals surface area contributed by atoms with Gasteiger partial charge in [-0.3, -0.25) is 4.79 Å². The number of ether oxygens (including phenoxy) is 1. The normalized spacial score (nSPS) is 10.8. The molecule has 0 radical (unpaired) electrons. The molecule has 3 N–H and O–H groups in total. The molecule has 0 fully saturated rings. The van der Waals surface area contributed by atoms with E-state index in [0.717, 1.165) is 0 Å². The molecule has 0 atom stereocenters. The van der Waals surface area contributed by atoms with Gasteiger partial charge < -0.3 is 20.7 Å². The summed E-state index contributed by atoms with van der Waals surface area (Å²) in [5.74, 6) is -0.628. The Morgan fingerprint density at radius 3 is 2.22 bits per heavy atom. The first-order valence-corrected chi connectivity index (χ1v) is 8.03. The number of anilines is 1. The van der Waals surface area contributed by atoms with E-state index in [1.807, 2.05) is 6.07 Å². The molecule has 0 aliphatic rings. The molecule has 3 amide bonds. The fourth-order valence-corrected chi connectivity index (χ4v) is 2.08. The summed E-state index contributed by atoms with van der Waals surface area (Å²) in [5, 5.41) is 7.79. The zero-order valence-electron chi connectivity index (χ0n) is 14.2. The topological polar surface area (TPSA) is 79.5 Å². The summed E-state index contributed by atoms with van der Waals surface area (Å²) in [6.45, 7) is 0.296. The van der Waals surface area contributed by atoms with Crippen molar-refractivity contribution in [1.82, 2.24) is 10.6 Å². The van der Waals surface area contributed by atoms with Gasteiger partial charge in [0.1, 0.15) is 5.75 Å². The summed E-state index contributed by atoms with van der Waals surface area (Å²) in [7, 11) is 0. The largest absolute Gasteiger partial charge is 0.573 e. The summed E-state index contributed by atoms with van der Waals surface area (Å²) in [5.41, 5.74) is 1.25. The standard InChI is InChI=1S/C18H18F3N3O3/c19-18(20,21)27-15-8-6-13(7-9-15)12-23-16(25)10-11-22-17(26)24-14-4-2-1-3-5-14/h1-9H,10-12H2,(H,23,25)(H2,22,24,26). The van der Waals surface area contributed by atoms with E-state index >= 15 is 0 Å². The summed E-state index contributed by atoms with van der Waals surface area (Å²) < 4.78 is 40.0. The highest BCUT2D eigenvalue weighted by atomic mass is 19.4. The highest BCUT2D eigenvalue weighted by Gasteiger charge is 2.30. The highest BCUT2D eigenvalue weighted by Crippen LogP contribution is 2.22. The van der Waals surface area contributed by atoms with Crippen LogP contribution in [0.4, 0.5) is 23.7 Å². The monoisotopic (exact) mass is 381 g/mol. The van der Waals surface area contributed by atoms with Crippen molar-refractivity contribution in [3.05, 3.63) is 60.2 Å². The van der Waals surface area contributed by atoms with Crippen LogP contribution in [-0.4, -0.2) is 24.8 Å². The summed E-state index contributed by atoms with van der Waals surface area (Å²) in [4.78, 5) is 23.4. The molecule has 27 heavy (non-hydrogen) atoms. The fourth-order valence-electron chi connectivity index (χ4n) is 2.08. The Bertz CT molecular complexity index is 750. The Morgan fingerprint density at radius 1 is 0.926 bits per heavy atom. The number of carbonyl (C=O) groups excluding carboxylic acids is 2. The molecule has 0 saturated heterocycles. The second-order valence-electron chi connectivity index (χ2n) is 5.47. The molecule has 0 bridgehead atoms. The third-order valence-corrected chi connectivity index (χ3v) is 3.32. The van der Waals surface area contributed by atoms with E-state index in [9.17, 15) is 22.8 Å². The molecule has 2 aromatic rings. The average Bonchev–Trinajstić information content (AvgIpc) is 2.61. The zero-order valence-corrected chi connectivity index (χ0v) is 14.2. The van der Waals surface area contributed by atoms with E-state index < -0.39 is 12.4 Å². The molecule has 0 spiro atoms. The van der Waals surface area contributed by atoms with Gasteiger partial charge in [0.05, 0.1) is 0 Å². The summed E-state index contributed by atoms with van der Waals surface area (Å²) >= 11 is 0. The third-order valence-electron chi connectivity index (χ3n) is 3.32. The number of alkyl halides is 3. The summed E-state index contributed by atoms with van der Waals surface area (Å²) in [6, 6.07) is 13.6. The van der Waals surface area contributed by atoms with Crippen molar-refractivity contribution in [3.8, 4) is 5.75 Å². The third kappa shape index (κ3) is 8.13. The minimum atomic E-state index is -4.74. The number of para-hydroxylation sites is 1.